The van der Waals surface area contributed by atoms with E-state index in [4.69, 9.17) is 0 Å². The van der Waals surface area contributed by atoms with Gasteiger partial charge in [-0.2, -0.15) is 0 Å². The Morgan fingerprint density at radius 3 is 2.00 bits per heavy atom. The van der Waals surface area contributed by atoms with E-state index in [1.807, 2.05) is 6.92 Å². The Morgan fingerprint density at radius 2 is 2.00 bits per heavy atom. The topological polar surface area (TPSA) is 23.1 Å². The molecule has 0 unspecified atom stereocenters. The summed E-state index contributed by atoms with van der Waals surface area (Å²) in [5, 5.41) is 10.1. The van der Waals surface area contributed by atoms with Crippen molar-refractivity contribution in [2.45, 2.75) is 20.3 Å². The Labute approximate surface area is 69.3 Å². The summed E-state index contributed by atoms with van der Waals surface area (Å²) in [4.78, 5) is 0. The van der Waals surface area contributed by atoms with Crippen LogP contribution in [0.1, 0.15) is 20.3 Å². The van der Waals surface area contributed by atoms with E-state index in [0.29, 0.717) is 6.42 Å². The van der Waals surface area contributed by atoms with Gasteiger partial charge in [-0.15, -0.1) is 5.76 Å². The van der Waals surface area contributed by atoms with Gasteiger partial charge in [0.05, 0.1) is 0 Å². The van der Waals surface area contributed by atoms with Crippen molar-refractivity contribution in [2.24, 2.45) is 0 Å². The summed E-state index contributed by atoms with van der Waals surface area (Å²) >= 11 is 0. The Morgan fingerprint density at radius 1 is 1.62 bits per heavy atom. The Hall–Kier alpha value is 0.453. The van der Waals surface area contributed by atoms with Gasteiger partial charge >= 0.3 is 19.5 Å². The number of allylic oxidation sites excluding steroid dienone is 2. The molecule has 0 bridgehead atoms. The molecule has 0 aliphatic carbocycles. The Balaban J connectivity index is -0.000000125. The van der Waals surface area contributed by atoms with Gasteiger partial charge in [-0.1, -0.05) is 13.0 Å². The fourth-order valence-corrected chi connectivity index (χ4v) is 0.204. The van der Waals surface area contributed by atoms with Crippen LogP contribution in [0.5, 0.6) is 0 Å². The van der Waals surface area contributed by atoms with Crippen molar-refractivity contribution < 1.29 is 37.0 Å². The second-order valence-electron chi connectivity index (χ2n) is 1.11. The number of hydrogen-bond donors (Lipinski definition) is 0. The van der Waals surface area contributed by atoms with Crippen molar-refractivity contribution in [1.82, 2.24) is 0 Å². The molecule has 0 heterocycles. The van der Waals surface area contributed by atoms with Crippen LogP contribution < -0.4 is 17.5 Å². The third-order valence-electron chi connectivity index (χ3n) is 0.670. The first-order chi connectivity index (χ1) is 2.81. The number of hydrogen-bond acceptors (Lipinski definition) is 1. The minimum absolute atomic E-state index is 0. The standard InChI is InChI=1S/C5H10O.ClH.Zn/c1-3-5(6)4-2;;/h3,6H,4H2,1-2H3;1H;/q;;+2/p-2/b5-3+;;. The van der Waals surface area contributed by atoms with Crippen LogP contribution in [0.2, 0.25) is 0 Å². The van der Waals surface area contributed by atoms with Crippen LogP contribution in [-0.4, -0.2) is 0 Å². The molecular weight excluding hydrogens is 177 g/mol. The van der Waals surface area contributed by atoms with E-state index in [-0.39, 0.29) is 37.6 Å². The molecule has 0 atom stereocenters. The predicted octanol–water partition coefficient (Wildman–Crippen LogP) is -2.34. The van der Waals surface area contributed by atoms with Gasteiger partial charge in [-0.3, -0.25) is 0 Å². The predicted molar refractivity (Wildman–Crippen MR) is 24.0 cm³/mol. The Bertz CT molecular complexity index is 63.4. The van der Waals surface area contributed by atoms with E-state index in [9.17, 15) is 5.11 Å². The zero-order valence-corrected chi connectivity index (χ0v) is 9.00. The molecule has 0 aromatic heterocycles. The van der Waals surface area contributed by atoms with Gasteiger partial charge in [0.2, 0.25) is 0 Å². The molecular formula is C5H9ClOZn. The number of halogens is 1. The third-order valence-corrected chi connectivity index (χ3v) is 0.670. The van der Waals surface area contributed by atoms with Gasteiger partial charge in [0.25, 0.3) is 0 Å². The summed E-state index contributed by atoms with van der Waals surface area (Å²) < 4.78 is 0. The molecule has 0 aliphatic rings. The molecule has 3 heteroatoms. The first-order valence-electron chi connectivity index (χ1n) is 2.13. The molecule has 0 fully saturated rings. The first kappa shape index (κ1) is 15.8. The van der Waals surface area contributed by atoms with E-state index in [1.54, 1.807) is 13.0 Å². The second-order valence-corrected chi connectivity index (χ2v) is 1.11. The van der Waals surface area contributed by atoms with Crippen molar-refractivity contribution in [3.63, 3.8) is 0 Å². The van der Waals surface area contributed by atoms with Crippen LogP contribution in [0.3, 0.4) is 0 Å². The van der Waals surface area contributed by atoms with E-state index in [1.165, 1.54) is 0 Å². The van der Waals surface area contributed by atoms with Crippen LogP contribution in [0.25, 0.3) is 0 Å². The van der Waals surface area contributed by atoms with Gasteiger partial charge in [-0.05, 0) is 13.3 Å². The number of rotatable bonds is 1. The molecule has 0 radical (unpaired) electrons. The minimum Gasteiger partial charge on any atom is -1.00 e. The normalized spacial score (nSPS) is 9.00. The summed E-state index contributed by atoms with van der Waals surface area (Å²) in [5.41, 5.74) is 0. The fraction of sp³-hybridized carbons (Fsp3) is 0.600. The summed E-state index contributed by atoms with van der Waals surface area (Å²) in [7, 11) is 0. The quantitative estimate of drug-likeness (QED) is 0.332. The molecule has 0 spiro atoms. The maximum absolute atomic E-state index is 10.1. The van der Waals surface area contributed by atoms with Crippen LogP contribution in [0, 0.1) is 0 Å². The average Bonchev–Trinajstić information content (AvgIpc) is 1.65. The van der Waals surface area contributed by atoms with Gasteiger partial charge in [0.1, 0.15) is 0 Å². The molecule has 1 nitrogen and oxygen atoms in total. The van der Waals surface area contributed by atoms with Gasteiger partial charge in [-0.25, -0.2) is 0 Å². The second kappa shape index (κ2) is 10.4. The van der Waals surface area contributed by atoms with Crippen LogP contribution >= 0.6 is 0 Å². The fourth-order valence-electron chi connectivity index (χ4n) is 0.204. The van der Waals surface area contributed by atoms with E-state index >= 15 is 0 Å². The SMILES string of the molecule is C/C=C(/[O-])CC.[Cl-].[Zn+2]. The molecule has 0 rings (SSSR count). The van der Waals surface area contributed by atoms with E-state index < -0.39 is 0 Å². The molecule has 0 amide bonds. The Kier molecular flexibility index (Phi) is 20.6. The van der Waals surface area contributed by atoms with E-state index in [0.717, 1.165) is 0 Å². The van der Waals surface area contributed by atoms with Crippen molar-refractivity contribution in [1.29, 1.82) is 0 Å². The smallest absolute Gasteiger partial charge is 1.00 e. The zero-order valence-electron chi connectivity index (χ0n) is 5.28. The van der Waals surface area contributed by atoms with Crippen molar-refractivity contribution in [2.75, 3.05) is 0 Å². The molecule has 0 saturated carbocycles. The van der Waals surface area contributed by atoms with Crippen molar-refractivity contribution in [3.05, 3.63) is 11.8 Å². The van der Waals surface area contributed by atoms with Crippen molar-refractivity contribution in [3.8, 4) is 0 Å². The minimum atomic E-state index is 0. The summed E-state index contributed by atoms with van der Waals surface area (Å²) in [6.45, 7) is 3.61. The monoisotopic (exact) mass is 184 g/mol. The molecule has 0 aromatic rings. The summed E-state index contributed by atoms with van der Waals surface area (Å²) in [5.74, 6) is 0.218. The maximum Gasteiger partial charge on any atom is 2.00 e. The van der Waals surface area contributed by atoms with E-state index in [2.05, 4.69) is 0 Å². The summed E-state index contributed by atoms with van der Waals surface area (Å²) in [6.07, 6.45) is 2.22. The van der Waals surface area contributed by atoms with Gasteiger partial charge < -0.3 is 17.5 Å². The molecule has 0 N–H and O–H groups in total. The molecule has 0 aliphatic heterocycles. The van der Waals surface area contributed by atoms with Crippen molar-refractivity contribution >= 4 is 0 Å². The molecule has 8 heavy (non-hydrogen) atoms. The van der Waals surface area contributed by atoms with Crippen LogP contribution in [-0.2, 0) is 19.5 Å². The molecule has 44 valence electrons. The van der Waals surface area contributed by atoms with Crippen LogP contribution in [0.15, 0.2) is 11.8 Å². The summed E-state index contributed by atoms with van der Waals surface area (Å²) in [6, 6.07) is 0. The first-order valence-corrected chi connectivity index (χ1v) is 2.13. The average molecular weight is 186 g/mol. The molecule has 0 aromatic carbocycles. The zero-order chi connectivity index (χ0) is 4.99. The maximum atomic E-state index is 10.1. The van der Waals surface area contributed by atoms with Gasteiger partial charge in [0, 0.05) is 0 Å². The largest absolute Gasteiger partial charge is 2.00 e. The van der Waals surface area contributed by atoms with Crippen LogP contribution in [0.4, 0.5) is 0 Å². The van der Waals surface area contributed by atoms with Gasteiger partial charge in [0.15, 0.2) is 0 Å². The molecule has 0 saturated heterocycles. The third kappa shape index (κ3) is 9.68.